The van der Waals surface area contributed by atoms with Gasteiger partial charge < -0.3 is 5.32 Å². The Morgan fingerprint density at radius 1 is 1.33 bits per heavy atom. The number of hydrogen-bond acceptors (Lipinski definition) is 2. The highest BCUT2D eigenvalue weighted by Crippen LogP contribution is 2.09. The second kappa shape index (κ2) is 7.43. The number of rotatable bonds is 6. The maximum Gasteiger partial charge on any atom is 0.219 e. The molecule has 0 fully saturated rings. The van der Waals surface area contributed by atoms with E-state index in [9.17, 15) is 9.59 Å². The van der Waals surface area contributed by atoms with Gasteiger partial charge in [-0.2, -0.15) is 0 Å². The van der Waals surface area contributed by atoms with Gasteiger partial charge in [0.2, 0.25) is 5.91 Å². The lowest BCUT2D eigenvalue weighted by atomic mass is 10.1. The molecule has 0 saturated carbocycles. The van der Waals surface area contributed by atoms with Gasteiger partial charge in [0.25, 0.3) is 0 Å². The van der Waals surface area contributed by atoms with Gasteiger partial charge >= 0.3 is 0 Å². The highest BCUT2D eigenvalue weighted by Gasteiger charge is 1.98. The van der Waals surface area contributed by atoms with Crippen LogP contribution in [-0.2, 0) is 4.79 Å². The molecule has 18 heavy (non-hydrogen) atoms. The third kappa shape index (κ3) is 4.95. The predicted molar refractivity (Wildman–Crippen MR) is 73.4 cm³/mol. The van der Waals surface area contributed by atoms with Crippen molar-refractivity contribution >= 4 is 17.8 Å². The first-order valence-corrected chi connectivity index (χ1v) is 6.11. The zero-order valence-corrected chi connectivity index (χ0v) is 10.9. The Bertz CT molecular complexity index is 450. The number of Topliss-reactive ketones (excluding diaryl/α,β-unsaturated/α-hetero) is 1. The molecular weight excluding hydrogens is 226 g/mol. The minimum atomic E-state index is 0.0713. The minimum absolute atomic E-state index is 0.0713. The van der Waals surface area contributed by atoms with Gasteiger partial charge in [0.05, 0.1) is 0 Å². The van der Waals surface area contributed by atoms with Crippen LogP contribution in [-0.4, -0.2) is 18.7 Å². The van der Waals surface area contributed by atoms with Crippen LogP contribution in [0.2, 0.25) is 0 Å². The largest absolute Gasteiger partial charge is 0.359 e. The molecule has 96 valence electrons. The van der Waals surface area contributed by atoms with Crippen molar-refractivity contribution in [1.29, 1.82) is 0 Å². The van der Waals surface area contributed by atoms with E-state index >= 15 is 0 Å². The third-order valence-corrected chi connectivity index (χ3v) is 2.66. The summed E-state index contributed by atoms with van der Waals surface area (Å²) in [6.45, 7) is 1.56. The molecule has 0 atom stereocenters. The first-order valence-electron chi connectivity index (χ1n) is 6.11. The van der Waals surface area contributed by atoms with Crippen LogP contribution < -0.4 is 5.32 Å². The van der Waals surface area contributed by atoms with Crippen molar-refractivity contribution in [2.75, 3.05) is 7.05 Å². The van der Waals surface area contributed by atoms with Crippen LogP contribution in [0.4, 0.5) is 0 Å². The average molecular weight is 245 g/mol. The van der Waals surface area contributed by atoms with Crippen molar-refractivity contribution in [3.05, 3.63) is 41.5 Å². The van der Waals surface area contributed by atoms with Crippen LogP contribution in [0.25, 0.3) is 6.08 Å². The number of benzene rings is 1. The molecule has 0 aliphatic carbocycles. The zero-order chi connectivity index (χ0) is 13.4. The Labute approximate surface area is 108 Å². The van der Waals surface area contributed by atoms with E-state index in [1.54, 1.807) is 14.0 Å². The second-order valence-electron chi connectivity index (χ2n) is 4.15. The number of nitrogens with one attached hydrogen (secondary N) is 1. The van der Waals surface area contributed by atoms with Crippen molar-refractivity contribution < 1.29 is 9.59 Å². The molecule has 3 heteroatoms. The van der Waals surface area contributed by atoms with Crippen LogP contribution >= 0.6 is 0 Å². The summed E-state index contributed by atoms with van der Waals surface area (Å²) in [6, 6.07) is 7.52. The molecular formula is C15H19NO2. The van der Waals surface area contributed by atoms with Crippen molar-refractivity contribution in [1.82, 2.24) is 5.32 Å². The van der Waals surface area contributed by atoms with Gasteiger partial charge in [0.1, 0.15) is 0 Å². The maximum atomic E-state index is 11.2. The zero-order valence-electron chi connectivity index (χ0n) is 10.9. The average Bonchev–Trinajstić information content (AvgIpc) is 2.38. The summed E-state index contributed by atoms with van der Waals surface area (Å²) in [7, 11) is 1.64. The fraction of sp³-hybridized carbons (Fsp3) is 0.333. The van der Waals surface area contributed by atoms with Crippen LogP contribution in [0, 0.1) is 0 Å². The van der Waals surface area contributed by atoms with E-state index in [-0.39, 0.29) is 11.7 Å². The van der Waals surface area contributed by atoms with Gasteiger partial charge in [0.15, 0.2) is 5.78 Å². The topological polar surface area (TPSA) is 46.2 Å². The molecule has 0 aliphatic rings. The van der Waals surface area contributed by atoms with Gasteiger partial charge in [-0.05, 0) is 31.4 Å². The molecule has 0 bridgehead atoms. The van der Waals surface area contributed by atoms with Crippen LogP contribution in [0.5, 0.6) is 0 Å². The lowest BCUT2D eigenvalue weighted by molar-refractivity contribution is -0.120. The second-order valence-corrected chi connectivity index (χ2v) is 4.15. The van der Waals surface area contributed by atoms with Crippen LogP contribution in [0.3, 0.4) is 0 Å². The summed E-state index contributed by atoms with van der Waals surface area (Å²) in [5, 5.41) is 2.59. The fourth-order valence-corrected chi connectivity index (χ4v) is 1.59. The van der Waals surface area contributed by atoms with Crippen molar-refractivity contribution in [3.8, 4) is 0 Å². The molecule has 0 spiro atoms. The first kappa shape index (κ1) is 14.2. The third-order valence-electron chi connectivity index (χ3n) is 2.66. The summed E-state index contributed by atoms with van der Waals surface area (Å²) in [5.41, 5.74) is 1.74. The van der Waals surface area contributed by atoms with E-state index in [0.717, 1.165) is 24.0 Å². The van der Waals surface area contributed by atoms with Crippen LogP contribution in [0.15, 0.2) is 30.3 Å². The summed E-state index contributed by atoms with van der Waals surface area (Å²) < 4.78 is 0. The highest BCUT2D eigenvalue weighted by molar-refractivity contribution is 5.94. The number of ketones is 1. The Hall–Kier alpha value is -1.90. The molecule has 3 nitrogen and oxygen atoms in total. The summed E-state index contributed by atoms with van der Waals surface area (Å²) in [5.74, 6) is 0.145. The number of carbonyl (C=O) groups excluding carboxylic acids is 2. The van der Waals surface area contributed by atoms with Gasteiger partial charge in [-0.15, -0.1) is 0 Å². The Balaban J connectivity index is 2.44. The molecule has 1 rings (SSSR count). The van der Waals surface area contributed by atoms with Gasteiger partial charge in [-0.25, -0.2) is 0 Å². The number of carbonyl (C=O) groups is 2. The molecule has 0 aromatic heterocycles. The van der Waals surface area contributed by atoms with E-state index < -0.39 is 0 Å². The standard InChI is InChI=1S/C15H19NO2/c1-12(17)14-9-6-8-13(11-14)7-4-3-5-10-15(18)16-2/h4,6-9,11H,3,5,10H2,1-2H3,(H,16,18)/b7-4-. The Kier molecular flexibility index (Phi) is 5.85. The number of unbranched alkanes of at least 4 members (excludes halogenated alkanes) is 1. The number of hydrogen-bond donors (Lipinski definition) is 1. The van der Waals surface area contributed by atoms with Gasteiger partial charge in [-0.1, -0.05) is 30.4 Å². The van der Waals surface area contributed by atoms with Gasteiger partial charge in [-0.3, -0.25) is 9.59 Å². The van der Waals surface area contributed by atoms with Crippen molar-refractivity contribution in [2.45, 2.75) is 26.2 Å². The molecule has 0 aliphatic heterocycles. The van der Waals surface area contributed by atoms with E-state index in [1.807, 2.05) is 36.4 Å². The monoisotopic (exact) mass is 245 g/mol. The SMILES string of the molecule is CNC(=O)CCC/C=C\c1cccc(C(C)=O)c1. The van der Waals surface area contributed by atoms with E-state index in [2.05, 4.69) is 5.32 Å². The minimum Gasteiger partial charge on any atom is -0.359 e. The molecule has 1 N–H and O–H groups in total. The molecule has 0 unspecified atom stereocenters. The highest BCUT2D eigenvalue weighted by atomic mass is 16.1. The predicted octanol–water partition coefficient (Wildman–Crippen LogP) is 2.82. The molecule has 0 saturated heterocycles. The first-order chi connectivity index (χ1) is 8.63. The molecule has 0 radical (unpaired) electrons. The molecule has 1 aromatic carbocycles. The van der Waals surface area contributed by atoms with E-state index in [1.165, 1.54) is 0 Å². The molecule has 1 amide bonds. The quantitative estimate of drug-likeness (QED) is 0.618. The molecule has 0 heterocycles. The summed E-state index contributed by atoms with van der Waals surface area (Å²) >= 11 is 0. The number of amides is 1. The lowest BCUT2D eigenvalue weighted by Crippen LogP contribution is -2.16. The van der Waals surface area contributed by atoms with Crippen LogP contribution in [0.1, 0.15) is 42.1 Å². The summed E-state index contributed by atoms with van der Waals surface area (Å²) in [6.07, 6.45) is 6.26. The fourth-order valence-electron chi connectivity index (χ4n) is 1.59. The summed E-state index contributed by atoms with van der Waals surface area (Å²) in [4.78, 5) is 22.2. The Morgan fingerprint density at radius 2 is 2.11 bits per heavy atom. The Morgan fingerprint density at radius 3 is 2.78 bits per heavy atom. The van der Waals surface area contributed by atoms with E-state index in [0.29, 0.717) is 6.42 Å². The van der Waals surface area contributed by atoms with Crippen molar-refractivity contribution in [2.24, 2.45) is 0 Å². The smallest absolute Gasteiger partial charge is 0.219 e. The molecule has 1 aromatic rings. The number of allylic oxidation sites excluding steroid dienone is 1. The van der Waals surface area contributed by atoms with Crippen molar-refractivity contribution in [3.63, 3.8) is 0 Å². The lowest BCUT2D eigenvalue weighted by Gasteiger charge is -1.98. The van der Waals surface area contributed by atoms with Gasteiger partial charge in [0, 0.05) is 19.0 Å². The normalized spacial score (nSPS) is 10.6. The van der Waals surface area contributed by atoms with E-state index in [4.69, 9.17) is 0 Å². The maximum absolute atomic E-state index is 11.2.